The van der Waals surface area contributed by atoms with Gasteiger partial charge in [-0.3, -0.25) is 9.78 Å². The van der Waals surface area contributed by atoms with Crippen molar-refractivity contribution in [1.82, 2.24) is 4.98 Å². The van der Waals surface area contributed by atoms with Gasteiger partial charge in [0.15, 0.2) is 0 Å². The van der Waals surface area contributed by atoms with E-state index in [0.717, 1.165) is 28.1 Å². The van der Waals surface area contributed by atoms with Crippen molar-refractivity contribution in [2.24, 2.45) is 0 Å². The van der Waals surface area contributed by atoms with Crippen LogP contribution in [0.2, 0.25) is 0 Å². The number of rotatable bonds is 4. The number of hydrogen-bond acceptors (Lipinski definition) is 3. The van der Waals surface area contributed by atoms with Gasteiger partial charge in [-0.15, -0.1) is 0 Å². The van der Waals surface area contributed by atoms with Crippen LogP contribution in [0.25, 0.3) is 0 Å². The molecule has 0 spiro atoms. The van der Waals surface area contributed by atoms with Crippen LogP contribution < -0.4 is 4.74 Å². The van der Waals surface area contributed by atoms with Crippen molar-refractivity contribution in [1.29, 1.82) is 0 Å². The summed E-state index contributed by atoms with van der Waals surface area (Å²) in [6.07, 6.45) is 0.577. The summed E-state index contributed by atoms with van der Waals surface area (Å²) in [6, 6.07) is 9.68. The standard InChI is InChI=1S/C19H21NO3/c1-11-5-8-17(23-4)15(9-11)19(18(21)22)10-16(19)14-7-6-12(2)20-13(14)3/h5-9,16H,10H2,1-4H3,(H,21,22)/t16-,19-/m1/s1. The Hall–Kier alpha value is -2.36. The second kappa shape index (κ2) is 5.37. The summed E-state index contributed by atoms with van der Waals surface area (Å²) in [5, 5.41) is 9.97. The van der Waals surface area contributed by atoms with Gasteiger partial charge in [-0.2, -0.15) is 0 Å². The third kappa shape index (κ3) is 2.38. The molecule has 0 saturated heterocycles. The summed E-state index contributed by atoms with van der Waals surface area (Å²) < 4.78 is 5.43. The highest BCUT2D eigenvalue weighted by Crippen LogP contribution is 2.62. The first kappa shape index (κ1) is 15.5. The number of hydrogen-bond donors (Lipinski definition) is 1. The van der Waals surface area contributed by atoms with Crippen LogP contribution in [0.3, 0.4) is 0 Å². The van der Waals surface area contributed by atoms with Crippen LogP contribution in [0, 0.1) is 20.8 Å². The second-order valence-electron chi connectivity index (χ2n) is 6.36. The number of carboxylic acid groups (broad SMARTS) is 1. The highest BCUT2D eigenvalue weighted by molar-refractivity contribution is 5.89. The Bertz CT molecular complexity index is 784. The van der Waals surface area contributed by atoms with E-state index in [9.17, 15) is 9.90 Å². The Morgan fingerprint density at radius 1 is 1.26 bits per heavy atom. The number of carboxylic acids is 1. The number of ether oxygens (including phenoxy) is 1. The average molecular weight is 311 g/mol. The molecule has 2 atom stereocenters. The first-order valence-electron chi connectivity index (χ1n) is 7.73. The van der Waals surface area contributed by atoms with E-state index >= 15 is 0 Å². The molecule has 1 aromatic heterocycles. The highest BCUT2D eigenvalue weighted by Gasteiger charge is 2.63. The Balaban J connectivity index is 2.11. The van der Waals surface area contributed by atoms with Crippen molar-refractivity contribution in [2.45, 2.75) is 38.5 Å². The molecule has 1 aromatic carbocycles. The van der Waals surface area contributed by atoms with E-state index in [1.165, 1.54) is 0 Å². The lowest BCUT2D eigenvalue weighted by Gasteiger charge is -2.18. The largest absolute Gasteiger partial charge is 0.496 e. The Labute approximate surface area is 136 Å². The van der Waals surface area contributed by atoms with Gasteiger partial charge < -0.3 is 9.84 Å². The van der Waals surface area contributed by atoms with E-state index in [-0.39, 0.29) is 5.92 Å². The van der Waals surface area contributed by atoms with E-state index in [4.69, 9.17) is 4.74 Å². The van der Waals surface area contributed by atoms with Crippen LogP contribution in [0.1, 0.15) is 40.4 Å². The van der Waals surface area contributed by atoms with Crippen LogP contribution in [-0.4, -0.2) is 23.2 Å². The molecule has 1 aliphatic carbocycles. The average Bonchev–Trinajstić information content (AvgIpc) is 3.23. The molecule has 0 radical (unpaired) electrons. The lowest BCUT2D eigenvalue weighted by molar-refractivity contribution is -0.140. The van der Waals surface area contributed by atoms with Crippen molar-refractivity contribution in [2.75, 3.05) is 7.11 Å². The maximum Gasteiger partial charge on any atom is 0.314 e. The number of pyridine rings is 1. The number of methoxy groups -OCH3 is 1. The molecule has 1 aliphatic rings. The monoisotopic (exact) mass is 311 g/mol. The minimum atomic E-state index is -0.918. The molecule has 0 aliphatic heterocycles. The zero-order chi connectivity index (χ0) is 16.8. The molecule has 23 heavy (non-hydrogen) atoms. The normalized spacial score (nSPS) is 22.7. The second-order valence-corrected chi connectivity index (χ2v) is 6.36. The Morgan fingerprint density at radius 3 is 2.61 bits per heavy atom. The summed E-state index contributed by atoms with van der Waals surface area (Å²) in [6.45, 7) is 5.85. The molecule has 1 heterocycles. The minimum Gasteiger partial charge on any atom is -0.496 e. The van der Waals surface area contributed by atoms with Gasteiger partial charge in [-0.25, -0.2) is 0 Å². The zero-order valence-corrected chi connectivity index (χ0v) is 13.9. The molecule has 0 bridgehead atoms. The van der Waals surface area contributed by atoms with Gasteiger partial charge in [-0.05, 0) is 44.9 Å². The summed E-state index contributed by atoms with van der Waals surface area (Å²) in [7, 11) is 1.58. The Morgan fingerprint density at radius 2 is 2.00 bits per heavy atom. The van der Waals surface area contributed by atoms with Crippen molar-refractivity contribution in [3.05, 3.63) is 58.4 Å². The van der Waals surface area contributed by atoms with Crippen molar-refractivity contribution >= 4 is 5.97 Å². The van der Waals surface area contributed by atoms with Gasteiger partial charge in [0.1, 0.15) is 11.2 Å². The molecule has 2 aromatic rings. The smallest absolute Gasteiger partial charge is 0.314 e. The zero-order valence-electron chi connectivity index (χ0n) is 13.9. The predicted octanol–water partition coefficient (Wildman–Crippen LogP) is 3.53. The molecule has 4 nitrogen and oxygen atoms in total. The first-order valence-corrected chi connectivity index (χ1v) is 7.73. The van der Waals surface area contributed by atoms with Gasteiger partial charge in [0.2, 0.25) is 0 Å². The lowest BCUT2D eigenvalue weighted by atomic mass is 9.88. The lowest BCUT2D eigenvalue weighted by Crippen LogP contribution is -2.23. The molecule has 3 rings (SSSR count). The van der Waals surface area contributed by atoms with Crippen molar-refractivity contribution in [3.8, 4) is 5.75 Å². The van der Waals surface area contributed by atoms with E-state index in [1.807, 2.05) is 51.1 Å². The summed E-state index contributed by atoms with van der Waals surface area (Å²) in [4.78, 5) is 16.6. The van der Waals surface area contributed by atoms with Crippen LogP contribution in [0.15, 0.2) is 30.3 Å². The van der Waals surface area contributed by atoms with Crippen LogP contribution >= 0.6 is 0 Å². The number of nitrogens with zero attached hydrogens (tertiary/aromatic N) is 1. The third-order valence-electron chi connectivity index (χ3n) is 4.82. The molecular weight excluding hydrogens is 290 g/mol. The van der Waals surface area contributed by atoms with Gasteiger partial charge >= 0.3 is 5.97 Å². The topological polar surface area (TPSA) is 59.4 Å². The van der Waals surface area contributed by atoms with Gasteiger partial charge in [0, 0.05) is 22.9 Å². The van der Waals surface area contributed by atoms with Gasteiger partial charge in [0.05, 0.1) is 7.11 Å². The van der Waals surface area contributed by atoms with Crippen molar-refractivity contribution < 1.29 is 14.6 Å². The summed E-state index contributed by atoms with van der Waals surface area (Å²) in [5.74, 6) is -0.228. The number of carbonyl (C=O) groups is 1. The SMILES string of the molecule is COc1ccc(C)cc1[C@]1(C(=O)O)C[C@@H]1c1ccc(C)nc1C. The van der Waals surface area contributed by atoms with E-state index < -0.39 is 11.4 Å². The molecule has 1 saturated carbocycles. The van der Waals surface area contributed by atoms with Gasteiger partial charge in [-0.1, -0.05) is 23.8 Å². The number of aryl methyl sites for hydroxylation is 3. The molecule has 1 fully saturated rings. The van der Waals surface area contributed by atoms with Crippen LogP contribution in [0.4, 0.5) is 0 Å². The number of aliphatic carboxylic acids is 1. The molecule has 120 valence electrons. The molecular formula is C19H21NO3. The maximum atomic E-state index is 12.1. The van der Waals surface area contributed by atoms with Crippen LogP contribution in [-0.2, 0) is 10.2 Å². The first-order chi connectivity index (χ1) is 10.9. The molecule has 0 unspecified atom stereocenters. The van der Waals surface area contributed by atoms with E-state index in [0.29, 0.717) is 12.2 Å². The summed E-state index contributed by atoms with van der Waals surface area (Å²) >= 11 is 0. The summed E-state index contributed by atoms with van der Waals surface area (Å²) in [5.41, 5.74) is 3.74. The Kier molecular flexibility index (Phi) is 3.63. The fraction of sp³-hybridized carbons (Fsp3) is 0.368. The minimum absolute atomic E-state index is 0.0659. The fourth-order valence-electron chi connectivity index (χ4n) is 3.52. The molecule has 1 N–H and O–H groups in total. The maximum absolute atomic E-state index is 12.1. The molecule has 4 heteroatoms. The van der Waals surface area contributed by atoms with Gasteiger partial charge in [0.25, 0.3) is 0 Å². The molecule has 0 amide bonds. The quantitative estimate of drug-likeness (QED) is 0.938. The van der Waals surface area contributed by atoms with Crippen LogP contribution in [0.5, 0.6) is 5.75 Å². The number of benzene rings is 1. The van der Waals surface area contributed by atoms with E-state index in [2.05, 4.69) is 4.98 Å². The van der Waals surface area contributed by atoms with Crippen molar-refractivity contribution in [3.63, 3.8) is 0 Å². The van der Waals surface area contributed by atoms with E-state index in [1.54, 1.807) is 7.11 Å². The fourth-order valence-corrected chi connectivity index (χ4v) is 3.52. The highest BCUT2D eigenvalue weighted by atomic mass is 16.5. The third-order valence-corrected chi connectivity index (χ3v) is 4.82. The number of aromatic nitrogens is 1. The predicted molar refractivity (Wildman–Crippen MR) is 88.1 cm³/mol.